The molecule has 1 spiro atoms. The zero-order chi connectivity index (χ0) is 15.8. The van der Waals surface area contributed by atoms with Crippen molar-refractivity contribution in [3.05, 3.63) is 45.6 Å². The van der Waals surface area contributed by atoms with Crippen molar-refractivity contribution in [1.29, 1.82) is 0 Å². The highest BCUT2D eigenvalue weighted by atomic mass is 127. The summed E-state index contributed by atoms with van der Waals surface area (Å²) in [5, 5.41) is 5.33. The van der Waals surface area contributed by atoms with E-state index < -0.39 is 0 Å². The first-order valence-electron chi connectivity index (χ1n) is 7.97. The molecule has 0 aromatic heterocycles. The Labute approximate surface area is 147 Å². The summed E-state index contributed by atoms with van der Waals surface area (Å²) in [5.41, 5.74) is 1.13. The molecule has 5 heteroatoms. The molecule has 2 amide bonds. The largest absolute Gasteiger partial charge is 0.272 e. The van der Waals surface area contributed by atoms with Crippen LogP contribution in [0.3, 0.4) is 0 Å². The fourth-order valence-corrected chi connectivity index (χ4v) is 5.21. The number of carbonyl (C=O) groups excluding carboxylic acids is 2. The molecule has 116 valence electrons. The van der Waals surface area contributed by atoms with E-state index in [9.17, 15) is 9.59 Å². The van der Waals surface area contributed by atoms with Crippen LogP contribution in [-0.4, -0.2) is 23.0 Å². The summed E-state index contributed by atoms with van der Waals surface area (Å²) in [5.74, 6) is -0.0441. The van der Waals surface area contributed by atoms with Gasteiger partial charge in [0.2, 0.25) is 0 Å². The second-order valence-corrected chi connectivity index (χ2v) is 8.25. The highest BCUT2D eigenvalue weighted by molar-refractivity contribution is 14.1. The van der Waals surface area contributed by atoms with Crippen molar-refractivity contribution in [1.82, 2.24) is 5.01 Å². The van der Waals surface area contributed by atoms with Gasteiger partial charge in [0.05, 0.1) is 18.1 Å². The predicted octanol–water partition coefficient (Wildman–Crippen LogP) is 2.82. The maximum absolute atomic E-state index is 12.7. The van der Waals surface area contributed by atoms with Gasteiger partial charge in [-0.3, -0.25) is 9.59 Å². The lowest BCUT2D eigenvalue weighted by atomic mass is 9.85. The topological polar surface area (TPSA) is 49.7 Å². The van der Waals surface area contributed by atoms with Crippen molar-refractivity contribution in [2.75, 3.05) is 0 Å². The van der Waals surface area contributed by atoms with Gasteiger partial charge in [0.25, 0.3) is 11.8 Å². The van der Waals surface area contributed by atoms with Gasteiger partial charge < -0.3 is 0 Å². The van der Waals surface area contributed by atoms with Crippen LogP contribution in [0.1, 0.15) is 18.4 Å². The first-order valence-corrected chi connectivity index (χ1v) is 9.05. The van der Waals surface area contributed by atoms with Gasteiger partial charge in [-0.25, -0.2) is 0 Å². The lowest BCUT2D eigenvalue weighted by Gasteiger charge is -2.18. The molecule has 4 atom stereocenters. The molecule has 0 radical (unpaired) electrons. The molecule has 0 unspecified atom stereocenters. The van der Waals surface area contributed by atoms with Crippen LogP contribution in [0.25, 0.3) is 0 Å². The molecule has 1 heterocycles. The lowest BCUT2D eigenvalue weighted by molar-refractivity contribution is -0.141. The van der Waals surface area contributed by atoms with Crippen LogP contribution < -0.4 is 0 Å². The first-order chi connectivity index (χ1) is 11.1. The number of hydrogen-bond donors (Lipinski definition) is 0. The van der Waals surface area contributed by atoms with Gasteiger partial charge in [0.15, 0.2) is 0 Å². The van der Waals surface area contributed by atoms with Gasteiger partial charge in [0, 0.05) is 3.57 Å². The predicted molar refractivity (Wildman–Crippen MR) is 93.4 cm³/mol. The number of carbonyl (C=O) groups is 2. The van der Waals surface area contributed by atoms with E-state index in [1.807, 2.05) is 24.3 Å². The fourth-order valence-electron chi connectivity index (χ4n) is 4.85. The van der Waals surface area contributed by atoms with Gasteiger partial charge in [-0.1, -0.05) is 24.3 Å². The van der Waals surface area contributed by atoms with E-state index >= 15 is 0 Å². The van der Waals surface area contributed by atoms with Gasteiger partial charge in [-0.2, -0.15) is 10.1 Å². The summed E-state index contributed by atoms with van der Waals surface area (Å²) in [7, 11) is 0. The summed E-state index contributed by atoms with van der Waals surface area (Å²) in [4.78, 5) is 25.5. The van der Waals surface area contributed by atoms with Crippen molar-refractivity contribution < 1.29 is 9.59 Å². The molecule has 3 fully saturated rings. The maximum Gasteiger partial charge on any atom is 0.254 e. The Morgan fingerprint density at radius 1 is 1.04 bits per heavy atom. The first kappa shape index (κ1) is 13.9. The molecule has 3 aliphatic carbocycles. The Morgan fingerprint density at radius 3 is 2.13 bits per heavy atom. The average Bonchev–Trinajstić information content (AvgIpc) is 3.15. The highest BCUT2D eigenvalue weighted by Crippen LogP contribution is 2.73. The number of halogens is 1. The van der Waals surface area contributed by atoms with Gasteiger partial charge in [-0.05, 0) is 70.4 Å². The third-order valence-electron chi connectivity index (χ3n) is 6.02. The van der Waals surface area contributed by atoms with Crippen molar-refractivity contribution in [3.63, 3.8) is 0 Å². The van der Waals surface area contributed by atoms with E-state index in [-0.39, 0.29) is 40.9 Å². The van der Waals surface area contributed by atoms with Crippen LogP contribution in [-0.2, 0) is 9.59 Å². The molecular weight excluding hydrogens is 403 g/mol. The molecule has 4 nitrogen and oxygen atoms in total. The molecule has 2 bridgehead atoms. The molecule has 5 rings (SSSR count). The van der Waals surface area contributed by atoms with E-state index in [0.29, 0.717) is 0 Å². The van der Waals surface area contributed by atoms with Gasteiger partial charge >= 0.3 is 0 Å². The summed E-state index contributed by atoms with van der Waals surface area (Å²) in [6.45, 7) is 0. The van der Waals surface area contributed by atoms with Crippen molar-refractivity contribution >= 4 is 40.6 Å². The Balaban J connectivity index is 1.43. The number of rotatable bonds is 2. The maximum atomic E-state index is 12.7. The number of hydrazone groups is 1. The number of allylic oxidation sites excluding steroid dienone is 2. The van der Waals surface area contributed by atoms with Gasteiger partial charge in [-0.15, -0.1) is 0 Å². The number of nitrogens with zero attached hydrogens (tertiary/aromatic N) is 2. The summed E-state index contributed by atoms with van der Waals surface area (Å²) < 4.78 is 1.14. The fraction of sp³-hybridized carbons (Fsp3) is 0.389. The Bertz CT molecular complexity index is 745. The van der Waals surface area contributed by atoms with E-state index in [1.54, 1.807) is 6.21 Å². The molecule has 1 aromatic rings. The minimum Gasteiger partial charge on any atom is -0.272 e. The van der Waals surface area contributed by atoms with Crippen LogP contribution in [0.5, 0.6) is 0 Å². The van der Waals surface area contributed by atoms with Crippen molar-refractivity contribution in [2.45, 2.75) is 12.8 Å². The number of hydrogen-bond acceptors (Lipinski definition) is 3. The zero-order valence-corrected chi connectivity index (χ0v) is 14.5. The van der Waals surface area contributed by atoms with Crippen LogP contribution >= 0.6 is 22.6 Å². The molecule has 1 saturated heterocycles. The minimum atomic E-state index is -0.172. The van der Waals surface area contributed by atoms with Crippen LogP contribution in [0.4, 0.5) is 0 Å². The summed E-state index contributed by atoms with van der Waals surface area (Å²) in [6, 6.07) is 7.82. The number of amides is 2. The quantitative estimate of drug-likeness (QED) is 0.321. The van der Waals surface area contributed by atoms with Gasteiger partial charge in [0.1, 0.15) is 0 Å². The average molecular weight is 418 g/mol. The Hall–Kier alpha value is -1.50. The summed E-state index contributed by atoms with van der Waals surface area (Å²) in [6.07, 6.45) is 8.28. The molecule has 1 aromatic carbocycles. The normalized spacial score (nSPS) is 35.8. The number of imide groups is 1. The summed E-state index contributed by atoms with van der Waals surface area (Å²) >= 11 is 2.24. The Kier molecular flexibility index (Phi) is 2.73. The van der Waals surface area contributed by atoms with E-state index in [0.717, 1.165) is 27.0 Å². The standard InChI is InChI=1S/C18H15IN2O2/c19-11-3-1-10(2-4-11)9-20-21-16(22)14-12-5-6-13(15(14)17(21)23)18(12)7-8-18/h1-6,9,12-15H,7-8H2/b20-9-/t12-,13-,14-,15+/m1/s1. The minimum absolute atomic E-state index is 0.107. The highest BCUT2D eigenvalue weighted by Gasteiger charge is 2.73. The van der Waals surface area contributed by atoms with E-state index in [4.69, 9.17) is 0 Å². The molecule has 2 saturated carbocycles. The second-order valence-electron chi connectivity index (χ2n) is 7.01. The number of fused-ring (bicyclic) bond motifs is 3. The van der Waals surface area contributed by atoms with Crippen LogP contribution in [0, 0.1) is 32.7 Å². The molecule has 4 aliphatic rings. The Morgan fingerprint density at radius 2 is 1.61 bits per heavy atom. The molecule has 23 heavy (non-hydrogen) atoms. The van der Waals surface area contributed by atoms with Crippen LogP contribution in [0.2, 0.25) is 0 Å². The van der Waals surface area contributed by atoms with Crippen molar-refractivity contribution in [2.24, 2.45) is 34.2 Å². The molecule has 1 aliphatic heterocycles. The lowest BCUT2D eigenvalue weighted by Crippen LogP contribution is -2.30. The third-order valence-corrected chi connectivity index (χ3v) is 6.74. The zero-order valence-electron chi connectivity index (χ0n) is 12.4. The smallest absolute Gasteiger partial charge is 0.254 e. The third kappa shape index (κ3) is 1.74. The van der Waals surface area contributed by atoms with E-state index in [1.165, 1.54) is 0 Å². The van der Waals surface area contributed by atoms with E-state index in [2.05, 4.69) is 39.8 Å². The second kappa shape index (κ2) is 4.53. The molecular formula is C18H15IN2O2. The van der Waals surface area contributed by atoms with Crippen LogP contribution in [0.15, 0.2) is 41.5 Å². The number of benzene rings is 1. The SMILES string of the molecule is O=C1[C@@H]2[C@H](C(=O)N1/N=C\c1ccc(I)cc1)[C@H]1C=C[C@H]2C12CC2. The van der Waals surface area contributed by atoms with Crippen molar-refractivity contribution in [3.8, 4) is 0 Å². The molecule has 0 N–H and O–H groups in total. The monoisotopic (exact) mass is 418 g/mol.